The van der Waals surface area contributed by atoms with Crippen molar-refractivity contribution in [2.24, 2.45) is 4.99 Å². The van der Waals surface area contributed by atoms with E-state index >= 15 is 0 Å². The van der Waals surface area contributed by atoms with Crippen LogP contribution in [0.4, 0.5) is 0 Å². The second-order valence-electron chi connectivity index (χ2n) is 4.34. The predicted molar refractivity (Wildman–Crippen MR) is 81.8 cm³/mol. The van der Waals surface area contributed by atoms with Crippen LogP contribution in [0.2, 0.25) is 0 Å². The van der Waals surface area contributed by atoms with Gasteiger partial charge >= 0.3 is 0 Å². The van der Waals surface area contributed by atoms with Gasteiger partial charge in [-0.3, -0.25) is 4.99 Å². The summed E-state index contributed by atoms with van der Waals surface area (Å²) < 4.78 is 1.99. The van der Waals surface area contributed by atoms with Crippen LogP contribution < -0.4 is 10.6 Å². The summed E-state index contributed by atoms with van der Waals surface area (Å²) in [5.41, 5.74) is 0. The Morgan fingerprint density at radius 3 is 2.85 bits per heavy atom. The maximum atomic E-state index is 4.21. The number of hydrogen-bond acceptors (Lipinski definition) is 4. The maximum absolute atomic E-state index is 4.21. The number of hydrogen-bond donors (Lipinski definition) is 2. The lowest BCUT2D eigenvalue weighted by atomic mass is 10.3. The second-order valence-corrected chi connectivity index (χ2v) is 5.37. The molecule has 0 amide bonds. The van der Waals surface area contributed by atoms with Crippen molar-refractivity contribution in [2.45, 2.75) is 25.9 Å². The lowest BCUT2D eigenvalue weighted by Crippen LogP contribution is -2.37. The van der Waals surface area contributed by atoms with E-state index in [1.165, 1.54) is 4.88 Å². The molecule has 0 saturated heterocycles. The summed E-state index contributed by atoms with van der Waals surface area (Å²) in [5, 5.41) is 16.3. The number of thiophene rings is 1. The van der Waals surface area contributed by atoms with E-state index in [9.17, 15) is 0 Å². The van der Waals surface area contributed by atoms with Gasteiger partial charge in [-0.05, 0) is 24.3 Å². The van der Waals surface area contributed by atoms with Crippen LogP contribution in [-0.2, 0) is 13.1 Å². The zero-order valence-electron chi connectivity index (χ0n) is 11.6. The van der Waals surface area contributed by atoms with E-state index in [4.69, 9.17) is 0 Å². The van der Waals surface area contributed by atoms with Gasteiger partial charge in [0.25, 0.3) is 0 Å². The molecule has 0 atom stereocenters. The third-order valence-corrected chi connectivity index (χ3v) is 3.71. The van der Waals surface area contributed by atoms with Crippen LogP contribution in [0, 0.1) is 0 Å². The molecule has 20 heavy (non-hydrogen) atoms. The number of unbranched alkanes of at least 4 members (excludes halogenated alkanes) is 1. The zero-order valence-corrected chi connectivity index (χ0v) is 12.4. The fourth-order valence-electron chi connectivity index (χ4n) is 1.77. The average Bonchev–Trinajstić information content (AvgIpc) is 3.14. The predicted octanol–water partition coefficient (Wildman–Crippen LogP) is 1.48. The smallest absolute Gasteiger partial charge is 0.191 e. The first-order valence-corrected chi connectivity index (χ1v) is 7.56. The van der Waals surface area contributed by atoms with Crippen molar-refractivity contribution < 1.29 is 0 Å². The number of aryl methyl sites for hydroxylation is 1. The van der Waals surface area contributed by atoms with Crippen LogP contribution in [0.15, 0.2) is 35.2 Å². The summed E-state index contributed by atoms with van der Waals surface area (Å²) in [5.74, 6) is 0.850. The standard InChI is InChI=1S/C13H20N6S/c1-14-13(16-9-12-5-4-8-20-12)15-6-2-3-7-19-10-17-18-11-19/h4-5,8,10-11H,2-3,6-7,9H2,1H3,(H2,14,15,16). The summed E-state index contributed by atoms with van der Waals surface area (Å²) in [6.07, 6.45) is 5.66. The van der Waals surface area contributed by atoms with Crippen molar-refractivity contribution in [3.8, 4) is 0 Å². The van der Waals surface area contributed by atoms with Gasteiger partial charge in [-0.1, -0.05) is 6.07 Å². The van der Waals surface area contributed by atoms with Crippen molar-refractivity contribution in [2.75, 3.05) is 13.6 Å². The van der Waals surface area contributed by atoms with Crippen molar-refractivity contribution >= 4 is 17.3 Å². The number of nitrogens with zero attached hydrogens (tertiary/aromatic N) is 4. The first kappa shape index (κ1) is 14.5. The molecule has 0 aromatic carbocycles. The van der Waals surface area contributed by atoms with Gasteiger partial charge in [0.05, 0.1) is 6.54 Å². The van der Waals surface area contributed by atoms with Gasteiger partial charge in [0, 0.05) is 25.0 Å². The Kier molecular flexibility index (Phi) is 6.04. The lowest BCUT2D eigenvalue weighted by molar-refractivity contribution is 0.598. The van der Waals surface area contributed by atoms with E-state index in [1.54, 1.807) is 31.0 Å². The molecule has 0 unspecified atom stereocenters. The van der Waals surface area contributed by atoms with E-state index < -0.39 is 0 Å². The van der Waals surface area contributed by atoms with Crippen molar-refractivity contribution in [3.05, 3.63) is 35.0 Å². The Morgan fingerprint density at radius 1 is 1.30 bits per heavy atom. The molecule has 7 heteroatoms. The first-order valence-electron chi connectivity index (χ1n) is 6.68. The minimum atomic E-state index is 0.818. The molecule has 0 aliphatic rings. The van der Waals surface area contributed by atoms with Gasteiger partial charge in [-0.2, -0.15) is 0 Å². The van der Waals surface area contributed by atoms with Gasteiger partial charge in [-0.25, -0.2) is 0 Å². The van der Waals surface area contributed by atoms with Gasteiger partial charge in [0.15, 0.2) is 5.96 Å². The normalized spacial score (nSPS) is 11.6. The number of rotatable bonds is 7. The summed E-state index contributed by atoms with van der Waals surface area (Å²) in [6, 6.07) is 4.17. The van der Waals surface area contributed by atoms with Crippen molar-refractivity contribution in [1.82, 2.24) is 25.4 Å². The second kappa shape index (κ2) is 8.31. The molecule has 0 saturated carbocycles. The van der Waals surface area contributed by atoms with Crippen LogP contribution in [0.5, 0.6) is 0 Å². The molecule has 2 heterocycles. The van der Waals surface area contributed by atoms with Crippen LogP contribution in [-0.4, -0.2) is 34.3 Å². The fraction of sp³-hybridized carbons (Fsp3) is 0.462. The van der Waals surface area contributed by atoms with Crippen LogP contribution in [0.1, 0.15) is 17.7 Å². The molecule has 0 bridgehead atoms. The number of aliphatic imine (C=N–C) groups is 1. The summed E-state index contributed by atoms with van der Waals surface area (Å²) >= 11 is 1.75. The molecule has 108 valence electrons. The molecule has 2 N–H and O–H groups in total. The Balaban J connectivity index is 1.57. The van der Waals surface area contributed by atoms with E-state index in [1.807, 2.05) is 4.57 Å². The minimum Gasteiger partial charge on any atom is -0.356 e. The summed E-state index contributed by atoms with van der Waals surface area (Å²) in [7, 11) is 1.79. The third-order valence-electron chi connectivity index (χ3n) is 2.84. The van der Waals surface area contributed by atoms with Crippen molar-refractivity contribution in [3.63, 3.8) is 0 Å². The highest BCUT2D eigenvalue weighted by molar-refractivity contribution is 7.09. The molecule has 0 spiro atoms. The van der Waals surface area contributed by atoms with Gasteiger partial charge < -0.3 is 15.2 Å². The topological polar surface area (TPSA) is 67.1 Å². The highest BCUT2D eigenvalue weighted by atomic mass is 32.1. The summed E-state index contributed by atoms with van der Waals surface area (Å²) in [4.78, 5) is 5.51. The van der Waals surface area contributed by atoms with E-state index in [2.05, 4.69) is 43.3 Å². The molecule has 2 aromatic rings. The highest BCUT2D eigenvalue weighted by Crippen LogP contribution is 2.07. The quantitative estimate of drug-likeness (QED) is 0.461. The van der Waals surface area contributed by atoms with Gasteiger partial charge in [0.1, 0.15) is 12.7 Å². The molecule has 0 aliphatic heterocycles. The van der Waals surface area contributed by atoms with E-state index in [-0.39, 0.29) is 0 Å². The minimum absolute atomic E-state index is 0.818. The zero-order chi connectivity index (χ0) is 14.0. The SMILES string of the molecule is CN=C(NCCCCn1cnnc1)NCc1cccs1. The maximum Gasteiger partial charge on any atom is 0.191 e. The fourth-order valence-corrected chi connectivity index (χ4v) is 2.41. The summed E-state index contributed by atoms with van der Waals surface area (Å²) in [6.45, 7) is 2.68. The Bertz CT molecular complexity index is 491. The lowest BCUT2D eigenvalue weighted by Gasteiger charge is -2.11. The van der Waals surface area contributed by atoms with Crippen molar-refractivity contribution in [1.29, 1.82) is 0 Å². The molecule has 0 aliphatic carbocycles. The van der Waals surface area contributed by atoms with Crippen LogP contribution in [0.3, 0.4) is 0 Å². The Morgan fingerprint density at radius 2 is 2.15 bits per heavy atom. The molecular formula is C13H20N6S. The molecule has 0 fully saturated rings. The van der Waals surface area contributed by atoms with Gasteiger partial charge in [0.2, 0.25) is 0 Å². The van der Waals surface area contributed by atoms with Crippen LogP contribution in [0.25, 0.3) is 0 Å². The average molecular weight is 292 g/mol. The Hall–Kier alpha value is -1.89. The van der Waals surface area contributed by atoms with E-state index in [0.29, 0.717) is 0 Å². The highest BCUT2D eigenvalue weighted by Gasteiger charge is 1.98. The molecule has 6 nitrogen and oxygen atoms in total. The third kappa shape index (κ3) is 5.00. The molecule has 2 aromatic heterocycles. The van der Waals surface area contributed by atoms with E-state index in [0.717, 1.165) is 38.4 Å². The number of guanidine groups is 1. The molecule has 2 rings (SSSR count). The Labute approximate surface area is 123 Å². The van der Waals surface area contributed by atoms with Crippen LogP contribution >= 0.6 is 11.3 Å². The molecule has 0 radical (unpaired) electrons. The molecular weight excluding hydrogens is 272 g/mol. The first-order chi connectivity index (χ1) is 9.88. The van der Waals surface area contributed by atoms with Gasteiger partial charge in [-0.15, -0.1) is 21.5 Å². The number of aromatic nitrogens is 3. The monoisotopic (exact) mass is 292 g/mol. The largest absolute Gasteiger partial charge is 0.356 e. The number of nitrogens with one attached hydrogen (secondary N) is 2.